The van der Waals surface area contributed by atoms with Crippen LogP contribution >= 0.6 is 38.6 Å². The number of hydrogen-bond donors (Lipinski definition) is 1. The van der Waals surface area contributed by atoms with Crippen molar-refractivity contribution in [1.82, 2.24) is 39.5 Å². The molecule has 1 N–H and O–H groups in total. The molecular weight excluding hydrogens is 1240 g/mol. The zero-order chi connectivity index (χ0) is 62.0. The van der Waals surface area contributed by atoms with Crippen LogP contribution < -0.4 is 0 Å². The fourth-order valence-corrected chi connectivity index (χ4v) is 14.6. The number of benzene rings is 12. The molecule has 6 aromatic heterocycles. The minimum Gasteiger partial charge on any atom is -0.361 e. The van der Waals surface area contributed by atoms with Gasteiger partial charge >= 0.3 is 0 Å². The zero-order valence-electron chi connectivity index (χ0n) is 49.8. The number of halogens is 1. The van der Waals surface area contributed by atoms with Gasteiger partial charge in [-0.1, -0.05) is 234 Å². The first-order chi connectivity index (χ1) is 46.0. The van der Waals surface area contributed by atoms with E-state index in [0.717, 1.165) is 43.5 Å². The zero-order valence-corrected chi connectivity index (χ0v) is 53.1. The molecule has 0 amide bonds. The van der Waals surface area contributed by atoms with Gasteiger partial charge in [0.25, 0.3) is 0 Å². The molecule has 6 heterocycles. The maximum atomic E-state index is 4.96. The average Bonchev–Trinajstić information content (AvgIpc) is 1.63. The lowest BCUT2D eigenvalue weighted by Gasteiger charge is -2.11. The van der Waals surface area contributed by atoms with Gasteiger partial charge in [-0.15, -0.1) is 22.7 Å². The van der Waals surface area contributed by atoms with Crippen molar-refractivity contribution in [2.24, 2.45) is 0 Å². The predicted octanol–water partition coefficient (Wildman–Crippen LogP) is 22.7. The molecule has 440 valence electrons. The quantitative estimate of drug-likeness (QED) is 0.155. The molecule has 0 fully saturated rings. The fraction of sp³-hybridized carbons (Fsp3) is 0. The molecule has 0 aliphatic heterocycles. The molecule has 0 saturated heterocycles. The highest BCUT2D eigenvalue weighted by Crippen LogP contribution is 2.43. The summed E-state index contributed by atoms with van der Waals surface area (Å²) >= 11 is 7.24. The van der Waals surface area contributed by atoms with Gasteiger partial charge in [-0.2, -0.15) is 0 Å². The van der Waals surface area contributed by atoms with Crippen LogP contribution in [0.2, 0.25) is 0 Å². The van der Waals surface area contributed by atoms with Crippen molar-refractivity contribution in [3.63, 3.8) is 0 Å². The van der Waals surface area contributed by atoms with E-state index in [1.807, 2.05) is 174 Å². The van der Waals surface area contributed by atoms with E-state index in [0.29, 0.717) is 34.9 Å². The van der Waals surface area contributed by atoms with Crippen LogP contribution in [0.1, 0.15) is 0 Å². The summed E-state index contributed by atoms with van der Waals surface area (Å²) in [6.07, 6.45) is 4.20. The van der Waals surface area contributed by atoms with E-state index in [1.54, 1.807) is 0 Å². The summed E-state index contributed by atoms with van der Waals surface area (Å²) in [5.74, 6) is 3.96. The number of hydrogen-bond acceptors (Lipinski definition) is 8. The Morgan fingerprint density at radius 2 is 0.667 bits per heavy atom. The summed E-state index contributed by atoms with van der Waals surface area (Å²) in [5, 5.41) is 7.89. The molecule has 0 unspecified atom stereocenters. The van der Waals surface area contributed by atoms with Gasteiger partial charge in [0.05, 0.1) is 5.52 Å². The second kappa shape index (κ2) is 25.1. The molecule has 11 heteroatoms. The number of aromatic amines is 1. The van der Waals surface area contributed by atoms with E-state index < -0.39 is 0 Å². The number of thiophene rings is 2. The first-order valence-corrected chi connectivity index (χ1v) is 33.0. The van der Waals surface area contributed by atoms with E-state index in [-0.39, 0.29) is 0 Å². The highest BCUT2D eigenvalue weighted by atomic mass is 79.9. The summed E-state index contributed by atoms with van der Waals surface area (Å²) in [6.45, 7) is 0. The first kappa shape index (κ1) is 56.9. The lowest BCUT2D eigenvalue weighted by Crippen LogP contribution is -2.00. The Morgan fingerprint density at radius 1 is 0.280 bits per heavy atom. The van der Waals surface area contributed by atoms with Gasteiger partial charge in [-0.3, -0.25) is 0 Å². The summed E-state index contributed by atoms with van der Waals surface area (Å²) in [4.78, 5) is 32.2. The van der Waals surface area contributed by atoms with Crippen LogP contribution in [0.3, 0.4) is 0 Å². The van der Waals surface area contributed by atoms with E-state index >= 15 is 0 Å². The van der Waals surface area contributed by atoms with Crippen LogP contribution in [-0.2, 0) is 0 Å². The van der Waals surface area contributed by atoms with Crippen molar-refractivity contribution in [3.8, 4) is 96.3 Å². The largest absolute Gasteiger partial charge is 0.361 e. The standard InChI is InChI=1S/C41H26N4S.C21H14BrN3.C20H13NS/c1-4-11-27(12-5-1)30-19-21-36-34(26-30)38-33-23-24-45(35(33)20-22-37(38)46-36)32-18-10-17-31(25-32)41-43-39(28-13-6-2-7-14-28)42-40(44-41)29-15-8-3-9-16-29;22-18-13-7-12-17(14-18)21-24-19(15-8-3-1-4-9-15)23-20(25-21)16-10-5-2-6-11-16;1-2-4-13(5-3-1)14-6-8-18-16(12-14)20-15-10-11-21-17(15)7-9-19(20)22-18/h1-26H;1-14H;1-12,21H. The van der Waals surface area contributed by atoms with Crippen molar-refractivity contribution in [3.05, 3.63) is 320 Å². The number of nitrogens with one attached hydrogen (secondary N) is 1. The molecule has 0 aliphatic rings. The highest BCUT2D eigenvalue weighted by molar-refractivity contribution is 9.10. The van der Waals surface area contributed by atoms with E-state index in [1.165, 1.54) is 84.4 Å². The van der Waals surface area contributed by atoms with Crippen LogP contribution in [0.4, 0.5) is 0 Å². The Hall–Kier alpha value is -11.3. The second-order valence-corrected chi connectivity index (χ2v) is 25.5. The Bertz CT molecular complexity index is 5580. The minimum atomic E-state index is 0.644. The second-order valence-electron chi connectivity index (χ2n) is 22.4. The van der Waals surface area contributed by atoms with Gasteiger partial charge in [0.2, 0.25) is 0 Å². The normalized spacial score (nSPS) is 11.3. The average molecular weight is 1290 g/mol. The molecule has 93 heavy (non-hydrogen) atoms. The molecule has 18 aromatic rings. The maximum absolute atomic E-state index is 4.96. The number of aromatic nitrogens is 8. The van der Waals surface area contributed by atoms with Gasteiger partial charge in [0, 0.05) is 113 Å². The van der Waals surface area contributed by atoms with Gasteiger partial charge in [0.1, 0.15) is 0 Å². The van der Waals surface area contributed by atoms with Crippen LogP contribution in [0, 0.1) is 0 Å². The lowest BCUT2D eigenvalue weighted by atomic mass is 10.0. The molecule has 18 rings (SSSR count). The molecule has 12 aromatic carbocycles. The first-order valence-electron chi connectivity index (χ1n) is 30.6. The van der Waals surface area contributed by atoms with E-state index in [4.69, 9.17) is 24.9 Å². The molecule has 0 atom stereocenters. The predicted molar refractivity (Wildman–Crippen MR) is 392 cm³/mol. The van der Waals surface area contributed by atoms with Gasteiger partial charge in [-0.05, 0) is 107 Å². The smallest absolute Gasteiger partial charge is 0.164 e. The molecular formula is C82H53BrN8S2. The van der Waals surface area contributed by atoms with Crippen molar-refractivity contribution in [2.75, 3.05) is 0 Å². The fourth-order valence-electron chi connectivity index (χ4n) is 12.0. The third-order valence-electron chi connectivity index (χ3n) is 16.5. The summed E-state index contributed by atoms with van der Waals surface area (Å²) < 4.78 is 8.56. The van der Waals surface area contributed by atoms with Crippen molar-refractivity contribution >= 4 is 101 Å². The Morgan fingerprint density at radius 3 is 1.13 bits per heavy atom. The number of H-pyrrole nitrogens is 1. The van der Waals surface area contributed by atoms with Crippen molar-refractivity contribution in [2.45, 2.75) is 0 Å². The minimum absolute atomic E-state index is 0.644. The molecule has 8 nitrogen and oxygen atoms in total. The molecule has 0 aliphatic carbocycles. The number of rotatable bonds is 9. The SMILES string of the molecule is Brc1cccc(-c2nc(-c3ccccc3)nc(-c3ccccc3)n2)c1.c1ccc(-c2ccc3sc4ccc5[nH]ccc5c4c3c2)cc1.c1ccc(-c2ccc3sc4ccc5c(ccn5-c5cccc(-c6nc(-c7ccccc7)nc(-c7ccccc7)n6)c5)c4c3c2)cc1. The Kier molecular flexibility index (Phi) is 15.4. The van der Waals surface area contributed by atoms with Crippen molar-refractivity contribution in [1.29, 1.82) is 0 Å². The van der Waals surface area contributed by atoms with Crippen LogP contribution in [0.25, 0.3) is 158 Å². The topological polar surface area (TPSA) is 98.1 Å². The number of nitrogens with zero attached hydrogens (tertiary/aromatic N) is 7. The molecule has 0 radical (unpaired) electrons. The van der Waals surface area contributed by atoms with Crippen LogP contribution in [0.5, 0.6) is 0 Å². The van der Waals surface area contributed by atoms with Crippen LogP contribution in [0.15, 0.2) is 320 Å². The Labute approximate surface area is 552 Å². The summed E-state index contributed by atoms with van der Waals surface area (Å²) in [6, 6.07) is 105. The lowest BCUT2D eigenvalue weighted by molar-refractivity contribution is 1.07. The molecule has 0 bridgehead atoms. The van der Waals surface area contributed by atoms with E-state index in [2.05, 4.69) is 194 Å². The Balaban J connectivity index is 0.000000122. The summed E-state index contributed by atoms with van der Waals surface area (Å²) in [7, 11) is 0. The molecule has 0 spiro atoms. The van der Waals surface area contributed by atoms with E-state index in [9.17, 15) is 0 Å². The van der Waals surface area contributed by atoms with Crippen LogP contribution in [-0.4, -0.2) is 39.5 Å². The highest BCUT2D eigenvalue weighted by Gasteiger charge is 2.18. The maximum Gasteiger partial charge on any atom is 0.164 e. The van der Waals surface area contributed by atoms with Gasteiger partial charge in [0.15, 0.2) is 34.9 Å². The van der Waals surface area contributed by atoms with Gasteiger partial charge in [-0.25, -0.2) is 29.9 Å². The number of fused-ring (bicyclic) bond motifs is 10. The summed E-state index contributed by atoms with van der Waals surface area (Å²) in [5.41, 5.74) is 14.2. The third kappa shape index (κ3) is 11.6. The molecule has 0 saturated carbocycles. The third-order valence-corrected chi connectivity index (χ3v) is 19.3. The van der Waals surface area contributed by atoms with Gasteiger partial charge < -0.3 is 9.55 Å². The van der Waals surface area contributed by atoms with Crippen molar-refractivity contribution < 1.29 is 0 Å². The monoisotopic (exact) mass is 1290 g/mol.